The van der Waals surface area contributed by atoms with Crippen LogP contribution >= 0.6 is 11.8 Å². The molecule has 0 aromatic heterocycles. The van der Waals surface area contributed by atoms with Gasteiger partial charge in [-0.2, -0.15) is 11.8 Å². The molecule has 0 aliphatic heterocycles. The molecule has 0 saturated carbocycles. The lowest BCUT2D eigenvalue weighted by Crippen LogP contribution is -1.98. The minimum absolute atomic E-state index is 0.293. The zero-order chi connectivity index (χ0) is 9.07. The standard InChI is InChI=1S/C9H20O2S/c1-2-3-6-11-7-4-8-12-9-5-10/h10H,2-9H2,1H3. The van der Waals surface area contributed by atoms with Gasteiger partial charge < -0.3 is 9.84 Å². The van der Waals surface area contributed by atoms with Crippen molar-refractivity contribution in [2.24, 2.45) is 0 Å². The highest BCUT2D eigenvalue weighted by atomic mass is 32.2. The van der Waals surface area contributed by atoms with E-state index in [0.29, 0.717) is 6.61 Å². The Balaban J connectivity index is 2.73. The monoisotopic (exact) mass is 192 g/mol. The number of hydrogen-bond acceptors (Lipinski definition) is 3. The number of aliphatic hydroxyl groups excluding tert-OH is 1. The quantitative estimate of drug-likeness (QED) is 0.566. The van der Waals surface area contributed by atoms with Crippen molar-refractivity contribution in [1.29, 1.82) is 0 Å². The van der Waals surface area contributed by atoms with Crippen molar-refractivity contribution in [1.82, 2.24) is 0 Å². The summed E-state index contributed by atoms with van der Waals surface area (Å²) in [6, 6.07) is 0. The Morgan fingerprint density at radius 1 is 1.17 bits per heavy atom. The minimum Gasteiger partial charge on any atom is -0.396 e. The molecule has 0 atom stereocenters. The van der Waals surface area contributed by atoms with Gasteiger partial charge in [-0.25, -0.2) is 0 Å². The van der Waals surface area contributed by atoms with Gasteiger partial charge in [0.15, 0.2) is 0 Å². The molecule has 0 radical (unpaired) electrons. The van der Waals surface area contributed by atoms with E-state index in [4.69, 9.17) is 9.84 Å². The lowest BCUT2D eigenvalue weighted by Gasteiger charge is -2.02. The van der Waals surface area contributed by atoms with Crippen molar-refractivity contribution < 1.29 is 9.84 Å². The van der Waals surface area contributed by atoms with Crippen molar-refractivity contribution in [3.8, 4) is 0 Å². The van der Waals surface area contributed by atoms with E-state index in [9.17, 15) is 0 Å². The molecule has 0 amide bonds. The first-order valence-corrected chi connectivity index (χ1v) is 5.83. The third-order valence-electron chi connectivity index (χ3n) is 1.46. The predicted octanol–water partition coefficient (Wildman–Crippen LogP) is 1.92. The number of hydrogen-bond donors (Lipinski definition) is 1. The molecule has 0 bridgehead atoms. The van der Waals surface area contributed by atoms with Gasteiger partial charge in [0, 0.05) is 19.0 Å². The lowest BCUT2D eigenvalue weighted by atomic mass is 10.4. The largest absolute Gasteiger partial charge is 0.396 e. The fourth-order valence-corrected chi connectivity index (χ4v) is 1.43. The van der Waals surface area contributed by atoms with Crippen LogP contribution in [0.25, 0.3) is 0 Å². The van der Waals surface area contributed by atoms with Crippen molar-refractivity contribution in [3.63, 3.8) is 0 Å². The van der Waals surface area contributed by atoms with E-state index in [-0.39, 0.29) is 0 Å². The molecule has 12 heavy (non-hydrogen) atoms. The first-order chi connectivity index (χ1) is 5.91. The molecule has 3 heteroatoms. The number of ether oxygens (including phenoxy) is 1. The molecule has 0 unspecified atom stereocenters. The molecule has 0 aromatic rings. The Kier molecular flexibility index (Phi) is 11.5. The van der Waals surface area contributed by atoms with Gasteiger partial charge in [0.2, 0.25) is 0 Å². The fourth-order valence-electron chi connectivity index (χ4n) is 0.778. The number of aliphatic hydroxyl groups is 1. The maximum Gasteiger partial charge on any atom is 0.0521 e. The van der Waals surface area contributed by atoms with Crippen LogP contribution in [0.15, 0.2) is 0 Å². The topological polar surface area (TPSA) is 29.5 Å². The van der Waals surface area contributed by atoms with E-state index in [1.165, 1.54) is 12.8 Å². The zero-order valence-corrected chi connectivity index (χ0v) is 8.74. The third kappa shape index (κ3) is 10.3. The molecule has 0 aromatic carbocycles. The predicted molar refractivity (Wildman–Crippen MR) is 54.8 cm³/mol. The second-order valence-electron chi connectivity index (χ2n) is 2.66. The Labute approximate surface area is 79.7 Å². The van der Waals surface area contributed by atoms with Crippen LogP contribution in [0.1, 0.15) is 26.2 Å². The van der Waals surface area contributed by atoms with Crippen LogP contribution in [0.5, 0.6) is 0 Å². The van der Waals surface area contributed by atoms with Gasteiger partial charge in [0.25, 0.3) is 0 Å². The van der Waals surface area contributed by atoms with Crippen molar-refractivity contribution in [2.45, 2.75) is 26.2 Å². The van der Waals surface area contributed by atoms with Gasteiger partial charge in [-0.15, -0.1) is 0 Å². The van der Waals surface area contributed by atoms with Gasteiger partial charge in [-0.05, 0) is 18.6 Å². The highest BCUT2D eigenvalue weighted by Gasteiger charge is 1.89. The summed E-state index contributed by atoms with van der Waals surface area (Å²) in [5.41, 5.74) is 0. The van der Waals surface area contributed by atoms with Gasteiger partial charge in [-0.3, -0.25) is 0 Å². The van der Waals surface area contributed by atoms with E-state index in [0.717, 1.165) is 31.1 Å². The number of unbranched alkanes of at least 4 members (excludes halogenated alkanes) is 1. The lowest BCUT2D eigenvalue weighted by molar-refractivity contribution is 0.132. The van der Waals surface area contributed by atoms with Crippen LogP contribution < -0.4 is 0 Å². The van der Waals surface area contributed by atoms with Crippen molar-refractivity contribution >= 4 is 11.8 Å². The molecular formula is C9H20O2S. The molecule has 0 aliphatic carbocycles. The second kappa shape index (κ2) is 11.3. The number of rotatable bonds is 9. The van der Waals surface area contributed by atoms with E-state index in [2.05, 4.69) is 6.92 Å². The molecule has 1 N–H and O–H groups in total. The van der Waals surface area contributed by atoms with Crippen LogP contribution in [-0.2, 0) is 4.74 Å². The summed E-state index contributed by atoms with van der Waals surface area (Å²) < 4.78 is 5.38. The van der Waals surface area contributed by atoms with E-state index < -0.39 is 0 Å². The highest BCUT2D eigenvalue weighted by molar-refractivity contribution is 7.99. The molecule has 2 nitrogen and oxygen atoms in total. The summed E-state index contributed by atoms with van der Waals surface area (Å²) in [5, 5.41) is 8.49. The molecule has 0 heterocycles. The number of thioether (sulfide) groups is 1. The summed E-state index contributed by atoms with van der Waals surface area (Å²) in [4.78, 5) is 0. The van der Waals surface area contributed by atoms with E-state index in [1.807, 2.05) is 0 Å². The van der Waals surface area contributed by atoms with E-state index >= 15 is 0 Å². The maximum atomic E-state index is 8.49. The Morgan fingerprint density at radius 2 is 1.92 bits per heavy atom. The molecule has 0 aliphatic rings. The molecule has 0 spiro atoms. The zero-order valence-electron chi connectivity index (χ0n) is 7.92. The van der Waals surface area contributed by atoms with Gasteiger partial charge in [0.1, 0.15) is 0 Å². The van der Waals surface area contributed by atoms with Crippen molar-refractivity contribution in [2.75, 3.05) is 31.3 Å². The summed E-state index contributed by atoms with van der Waals surface area (Å²) in [6.07, 6.45) is 3.48. The van der Waals surface area contributed by atoms with E-state index in [1.54, 1.807) is 11.8 Å². The Bertz CT molecular complexity index is 68.9. The fraction of sp³-hybridized carbons (Fsp3) is 1.00. The van der Waals surface area contributed by atoms with Crippen molar-refractivity contribution in [3.05, 3.63) is 0 Å². The normalized spacial score (nSPS) is 10.5. The molecule has 0 rings (SSSR count). The first kappa shape index (κ1) is 12.3. The molecular weight excluding hydrogens is 172 g/mol. The average Bonchev–Trinajstić information content (AvgIpc) is 2.10. The first-order valence-electron chi connectivity index (χ1n) is 4.68. The van der Waals surface area contributed by atoms with Gasteiger partial charge in [0.05, 0.1) is 6.61 Å². The molecule has 0 fully saturated rings. The molecule has 74 valence electrons. The highest BCUT2D eigenvalue weighted by Crippen LogP contribution is 2.01. The average molecular weight is 192 g/mol. The summed E-state index contributed by atoms with van der Waals surface area (Å²) in [7, 11) is 0. The van der Waals surface area contributed by atoms with Gasteiger partial charge >= 0.3 is 0 Å². The Hall–Kier alpha value is 0.270. The van der Waals surface area contributed by atoms with Crippen LogP contribution in [0.3, 0.4) is 0 Å². The third-order valence-corrected chi connectivity index (χ3v) is 2.50. The minimum atomic E-state index is 0.293. The Morgan fingerprint density at radius 3 is 2.58 bits per heavy atom. The second-order valence-corrected chi connectivity index (χ2v) is 3.88. The summed E-state index contributed by atoms with van der Waals surface area (Å²) >= 11 is 1.79. The maximum absolute atomic E-state index is 8.49. The molecule has 0 saturated heterocycles. The summed E-state index contributed by atoms with van der Waals surface area (Å²) in [6.45, 7) is 4.24. The van der Waals surface area contributed by atoms with Gasteiger partial charge in [-0.1, -0.05) is 13.3 Å². The van der Waals surface area contributed by atoms with Crippen LogP contribution in [-0.4, -0.2) is 36.4 Å². The smallest absolute Gasteiger partial charge is 0.0521 e. The SMILES string of the molecule is CCCCOCCCSCCO. The van der Waals surface area contributed by atoms with Crippen LogP contribution in [0.4, 0.5) is 0 Å². The van der Waals surface area contributed by atoms with Crippen LogP contribution in [0, 0.1) is 0 Å². The summed E-state index contributed by atoms with van der Waals surface area (Å²) in [5.74, 6) is 1.96. The van der Waals surface area contributed by atoms with Crippen LogP contribution in [0.2, 0.25) is 0 Å².